The maximum atomic E-state index is 14.1. The molecule has 0 saturated carbocycles. The summed E-state index contributed by atoms with van der Waals surface area (Å²) in [6.45, 7) is 9.80. The van der Waals surface area contributed by atoms with Gasteiger partial charge in [0.25, 0.3) is 0 Å². The molecule has 0 radical (unpaired) electrons. The number of rotatable bonds is 5. The number of allylic oxidation sites excluding steroid dienone is 1. The van der Waals surface area contributed by atoms with Crippen LogP contribution in [-0.2, 0) is 4.74 Å². The highest BCUT2D eigenvalue weighted by Crippen LogP contribution is 2.27. The normalized spacial score (nSPS) is 17.6. The summed E-state index contributed by atoms with van der Waals surface area (Å²) >= 11 is 5.75. The first-order chi connectivity index (χ1) is 12.5. The molecule has 1 aliphatic heterocycles. The van der Waals surface area contributed by atoms with Gasteiger partial charge < -0.3 is 10.1 Å². The number of hydrogen-bond acceptors (Lipinski definition) is 4. The van der Waals surface area contributed by atoms with Crippen LogP contribution in [0.25, 0.3) is 0 Å². The van der Waals surface area contributed by atoms with Gasteiger partial charge in [-0.05, 0) is 59.2 Å². The van der Waals surface area contributed by atoms with Crippen LogP contribution in [0.3, 0.4) is 0 Å². The fraction of sp³-hybridized carbons (Fsp3) is 0.500. The molecule has 1 amide bonds. The number of nitrogens with one attached hydrogen (secondary N) is 1. The Kier molecular flexibility index (Phi) is 6.52. The van der Waals surface area contributed by atoms with Crippen molar-refractivity contribution < 1.29 is 18.7 Å². The first kappa shape index (κ1) is 21.2. The van der Waals surface area contributed by atoms with E-state index in [1.807, 2.05) is 13.8 Å². The number of nitrogens with zero attached hydrogens (tertiary/aromatic N) is 1. The van der Waals surface area contributed by atoms with E-state index in [1.54, 1.807) is 25.7 Å². The average molecular weight is 397 g/mol. The van der Waals surface area contributed by atoms with Crippen molar-refractivity contribution in [3.8, 4) is 0 Å². The van der Waals surface area contributed by atoms with E-state index in [4.69, 9.17) is 16.3 Å². The van der Waals surface area contributed by atoms with Crippen LogP contribution >= 0.6 is 11.6 Å². The molecule has 1 aromatic carbocycles. The summed E-state index contributed by atoms with van der Waals surface area (Å²) < 4.78 is 19.5. The number of ether oxygens (including phenoxy) is 1. The summed E-state index contributed by atoms with van der Waals surface area (Å²) in [6.07, 6.45) is 1.62. The Morgan fingerprint density at radius 2 is 2.04 bits per heavy atom. The van der Waals surface area contributed by atoms with Crippen LogP contribution in [0, 0.1) is 5.82 Å². The number of hydrogen-bond donors (Lipinski definition) is 1. The molecular formula is C20H26ClFN2O3. The molecule has 1 aliphatic rings. The van der Waals surface area contributed by atoms with Crippen molar-refractivity contribution in [1.82, 2.24) is 10.2 Å². The summed E-state index contributed by atoms with van der Waals surface area (Å²) in [5.41, 5.74) is -0.0958. The average Bonchev–Trinajstić information content (AvgIpc) is 2.42. The van der Waals surface area contributed by atoms with Crippen molar-refractivity contribution >= 4 is 23.5 Å². The predicted molar refractivity (Wildman–Crippen MR) is 103 cm³/mol. The molecule has 148 valence electrons. The van der Waals surface area contributed by atoms with Gasteiger partial charge in [0.05, 0.1) is 11.6 Å². The number of benzene rings is 1. The highest BCUT2D eigenvalue weighted by atomic mass is 35.5. The predicted octanol–water partition coefficient (Wildman–Crippen LogP) is 4.55. The zero-order valence-electron chi connectivity index (χ0n) is 16.3. The Morgan fingerprint density at radius 3 is 2.52 bits per heavy atom. The van der Waals surface area contributed by atoms with E-state index in [1.165, 1.54) is 18.2 Å². The third-order valence-corrected chi connectivity index (χ3v) is 4.18. The van der Waals surface area contributed by atoms with Crippen LogP contribution in [-0.4, -0.2) is 41.0 Å². The van der Waals surface area contributed by atoms with E-state index in [0.717, 1.165) is 6.07 Å². The fourth-order valence-corrected chi connectivity index (χ4v) is 2.88. The molecule has 1 fully saturated rings. The summed E-state index contributed by atoms with van der Waals surface area (Å²) in [5, 5.41) is 3.43. The molecule has 5 nitrogen and oxygen atoms in total. The second-order valence-electron chi connectivity index (χ2n) is 7.87. The third kappa shape index (κ3) is 5.70. The van der Waals surface area contributed by atoms with Gasteiger partial charge in [-0.1, -0.05) is 11.6 Å². The topological polar surface area (TPSA) is 58.6 Å². The van der Waals surface area contributed by atoms with Crippen molar-refractivity contribution in [3.05, 3.63) is 46.4 Å². The van der Waals surface area contributed by atoms with E-state index in [2.05, 4.69) is 5.32 Å². The molecule has 1 atom stereocenters. The van der Waals surface area contributed by atoms with Gasteiger partial charge in [0.1, 0.15) is 11.4 Å². The second kappa shape index (κ2) is 8.30. The van der Waals surface area contributed by atoms with Crippen LogP contribution in [0.4, 0.5) is 9.18 Å². The van der Waals surface area contributed by atoms with E-state index >= 15 is 0 Å². The molecule has 1 heterocycles. The lowest BCUT2D eigenvalue weighted by Gasteiger charge is -2.43. The lowest BCUT2D eigenvalue weighted by Crippen LogP contribution is -2.56. The third-order valence-electron chi connectivity index (χ3n) is 3.95. The van der Waals surface area contributed by atoms with E-state index < -0.39 is 23.3 Å². The Hall–Kier alpha value is -2.08. The molecule has 0 spiro atoms. The first-order valence-electron chi connectivity index (χ1n) is 8.95. The fourth-order valence-electron chi connectivity index (χ4n) is 2.73. The Labute approximate surface area is 164 Å². The van der Waals surface area contributed by atoms with Gasteiger partial charge >= 0.3 is 6.09 Å². The van der Waals surface area contributed by atoms with Crippen molar-refractivity contribution in [2.24, 2.45) is 0 Å². The van der Waals surface area contributed by atoms with Crippen LogP contribution in [0.15, 0.2) is 30.0 Å². The summed E-state index contributed by atoms with van der Waals surface area (Å²) in [7, 11) is 0. The number of ketones is 1. The standard InChI is InChI=1S/C20H26ClFN2O3/c1-12(2)23-16(11-18(25)14-7-6-13(21)10-15(14)22)17-8-9-24(17)19(26)27-20(3,4)5/h6-7,10-12,17,23H,8-9H2,1-5H3/b16-11-. The van der Waals surface area contributed by atoms with Gasteiger partial charge in [-0.25, -0.2) is 9.18 Å². The molecule has 1 aromatic rings. The molecule has 0 aliphatic carbocycles. The molecule has 27 heavy (non-hydrogen) atoms. The van der Waals surface area contributed by atoms with E-state index in [9.17, 15) is 14.0 Å². The number of likely N-dealkylation sites (tertiary alicyclic amines) is 1. The van der Waals surface area contributed by atoms with Crippen molar-refractivity contribution in [2.75, 3.05) is 6.54 Å². The van der Waals surface area contributed by atoms with Gasteiger partial charge in [-0.3, -0.25) is 9.69 Å². The number of amides is 1. The number of carbonyl (C=O) groups excluding carboxylic acids is 2. The molecule has 1 N–H and O–H groups in total. The Morgan fingerprint density at radius 1 is 1.37 bits per heavy atom. The zero-order chi connectivity index (χ0) is 20.4. The van der Waals surface area contributed by atoms with Crippen molar-refractivity contribution in [1.29, 1.82) is 0 Å². The highest BCUT2D eigenvalue weighted by molar-refractivity contribution is 6.30. The zero-order valence-corrected chi connectivity index (χ0v) is 17.1. The van der Waals surface area contributed by atoms with Crippen LogP contribution in [0.1, 0.15) is 51.4 Å². The molecular weight excluding hydrogens is 371 g/mol. The van der Waals surface area contributed by atoms with Crippen LogP contribution < -0.4 is 5.32 Å². The van der Waals surface area contributed by atoms with Crippen LogP contribution in [0.2, 0.25) is 5.02 Å². The number of carbonyl (C=O) groups is 2. The number of halogens is 2. The summed E-state index contributed by atoms with van der Waals surface area (Å²) in [5.74, 6) is -1.16. The van der Waals surface area contributed by atoms with Gasteiger partial charge in [-0.2, -0.15) is 0 Å². The highest BCUT2D eigenvalue weighted by Gasteiger charge is 2.38. The molecule has 0 aromatic heterocycles. The molecule has 0 bridgehead atoms. The Bertz CT molecular complexity index is 756. The van der Waals surface area contributed by atoms with Crippen LogP contribution in [0.5, 0.6) is 0 Å². The van der Waals surface area contributed by atoms with Gasteiger partial charge in [0, 0.05) is 29.4 Å². The van der Waals surface area contributed by atoms with Gasteiger partial charge in [-0.15, -0.1) is 0 Å². The minimum Gasteiger partial charge on any atom is -0.444 e. The summed E-state index contributed by atoms with van der Waals surface area (Å²) in [6, 6.07) is 3.67. The van der Waals surface area contributed by atoms with Crippen molar-refractivity contribution in [2.45, 2.75) is 58.7 Å². The molecule has 1 saturated heterocycles. The minimum atomic E-state index is -0.676. The maximum Gasteiger partial charge on any atom is 0.410 e. The largest absolute Gasteiger partial charge is 0.444 e. The summed E-state index contributed by atoms with van der Waals surface area (Å²) in [4.78, 5) is 26.5. The van der Waals surface area contributed by atoms with E-state index in [-0.39, 0.29) is 22.7 Å². The van der Waals surface area contributed by atoms with E-state index in [0.29, 0.717) is 18.7 Å². The van der Waals surface area contributed by atoms with Gasteiger partial charge in [0.15, 0.2) is 5.78 Å². The lowest BCUT2D eigenvalue weighted by atomic mass is 9.97. The first-order valence-corrected chi connectivity index (χ1v) is 9.33. The molecule has 7 heteroatoms. The quantitative estimate of drug-likeness (QED) is 0.585. The smallest absolute Gasteiger partial charge is 0.410 e. The van der Waals surface area contributed by atoms with Gasteiger partial charge in [0.2, 0.25) is 0 Å². The molecule has 1 unspecified atom stereocenters. The lowest BCUT2D eigenvalue weighted by molar-refractivity contribution is -0.000189. The molecule has 2 rings (SSSR count). The van der Waals surface area contributed by atoms with Crippen molar-refractivity contribution in [3.63, 3.8) is 0 Å². The SMILES string of the molecule is CC(C)N/C(=C\C(=O)c1ccc(Cl)cc1F)C1CCN1C(=O)OC(C)(C)C. The second-order valence-corrected chi connectivity index (χ2v) is 8.30. The minimum absolute atomic E-state index is 0.0419. The maximum absolute atomic E-state index is 14.1. The Balaban J connectivity index is 2.25. The monoisotopic (exact) mass is 396 g/mol.